The highest BCUT2D eigenvalue weighted by molar-refractivity contribution is 5.76. The Balaban J connectivity index is 1.62. The molecule has 0 bridgehead atoms. The zero-order chi connectivity index (χ0) is 13.5. The van der Waals surface area contributed by atoms with Gasteiger partial charge in [-0.3, -0.25) is 9.48 Å². The molecular weight excluding hydrogens is 240 g/mol. The Morgan fingerprint density at radius 1 is 1.37 bits per heavy atom. The number of hydrogen-bond acceptors (Lipinski definition) is 3. The van der Waals surface area contributed by atoms with Crippen LogP contribution in [0.1, 0.15) is 38.2 Å². The lowest BCUT2D eigenvalue weighted by atomic mass is 10.1. The molecule has 2 heterocycles. The summed E-state index contributed by atoms with van der Waals surface area (Å²) >= 11 is 0. The fourth-order valence-corrected chi connectivity index (χ4v) is 2.40. The summed E-state index contributed by atoms with van der Waals surface area (Å²) in [5.74, 6) is 0.288. The van der Waals surface area contributed by atoms with Gasteiger partial charge in [0, 0.05) is 50.9 Å². The lowest BCUT2D eigenvalue weighted by molar-refractivity contribution is -0.131. The maximum atomic E-state index is 11.9. The fraction of sp³-hybridized carbons (Fsp3) is 0.714. The summed E-state index contributed by atoms with van der Waals surface area (Å²) in [6, 6.07) is 0. The van der Waals surface area contributed by atoms with Crippen molar-refractivity contribution in [3.8, 4) is 0 Å². The van der Waals surface area contributed by atoms with Crippen molar-refractivity contribution in [1.29, 1.82) is 0 Å². The number of aromatic nitrogens is 2. The van der Waals surface area contributed by atoms with Crippen LogP contribution >= 0.6 is 0 Å². The molecule has 0 aliphatic carbocycles. The Labute approximate surface area is 115 Å². The average Bonchev–Trinajstić information content (AvgIpc) is 2.92. The van der Waals surface area contributed by atoms with Crippen molar-refractivity contribution in [1.82, 2.24) is 20.0 Å². The number of carbonyl (C=O) groups excluding carboxylic acids is 1. The maximum Gasteiger partial charge on any atom is 0.223 e. The van der Waals surface area contributed by atoms with Crippen LogP contribution in [0.2, 0.25) is 0 Å². The second-order valence-electron chi connectivity index (χ2n) is 5.07. The van der Waals surface area contributed by atoms with Crippen molar-refractivity contribution in [2.45, 2.75) is 45.7 Å². The van der Waals surface area contributed by atoms with E-state index in [-0.39, 0.29) is 5.91 Å². The van der Waals surface area contributed by atoms with E-state index in [9.17, 15) is 4.79 Å². The van der Waals surface area contributed by atoms with E-state index in [1.807, 2.05) is 22.0 Å². The summed E-state index contributed by atoms with van der Waals surface area (Å²) in [6.07, 6.45) is 8.11. The first-order valence-electron chi connectivity index (χ1n) is 7.29. The third kappa shape index (κ3) is 4.35. The van der Waals surface area contributed by atoms with Crippen molar-refractivity contribution in [3.63, 3.8) is 0 Å². The van der Waals surface area contributed by atoms with Gasteiger partial charge in [0.1, 0.15) is 0 Å². The maximum absolute atomic E-state index is 11.9. The van der Waals surface area contributed by atoms with Gasteiger partial charge in [0.25, 0.3) is 0 Å². The Bertz CT molecular complexity index is 396. The van der Waals surface area contributed by atoms with Gasteiger partial charge in [-0.1, -0.05) is 0 Å². The summed E-state index contributed by atoms with van der Waals surface area (Å²) in [7, 11) is 0. The topological polar surface area (TPSA) is 50.2 Å². The monoisotopic (exact) mass is 264 g/mol. The van der Waals surface area contributed by atoms with E-state index in [4.69, 9.17) is 0 Å². The number of hydrogen-bond donors (Lipinski definition) is 1. The van der Waals surface area contributed by atoms with Gasteiger partial charge in [-0.25, -0.2) is 0 Å². The van der Waals surface area contributed by atoms with Crippen molar-refractivity contribution >= 4 is 5.91 Å². The van der Waals surface area contributed by atoms with E-state index in [0.717, 1.165) is 45.6 Å². The lowest BCUT2D eigenvalue weighted by Gasteiger charge is -2.26. The van der Waals surface area contributed by atoms with Gasteiger partial charge < -0.3 is 10.2 Å². The molecule has 1 aromatic rings. The molecule has 5 heteroatoms. The molecular formula is C14H24N4O. The number of rotatable bonds is 6. The number of amides is 1. The Hall–Kier alpha value is -1.36. The molecule has 1 aliphatic rings. The summed E-state index contributed by atoms with van der Waals surface area (Å²) in [5, 5.41) is 7.53. The van der Waals surface area contributed by atoms with Gasteiger partial charge >= 0.3 is 0 Å². The predicted molar refractivity (Wildman–Crippen MR) is 74.7 cm³/mol. The van der Waals surface area contributed by atoms with E-state index in [1.54, 1.807) is 0 Å². The van der Waals surface area contributed by atoms with Gasteiger partial charge in [0.05, 0.1) is 6.20 Å². The van der Waals surface area contributed by atoms with Crippen LogP contribution in [0.25, 0.3) is 0 Å². The molecule has 0 aromatic carbocycles. The lowest BCUT2D eigenvalue weighted by Crippen LogP contribution is -2.37. The Morgan fingerprint density at radius 2 is 2.16 bits per heavy atom. The molecule has 0 unspecified atom stereocenters. The molecule has 1 aromatic heterocycles. The highest BCUT2D eigenvalue weighted by Crippen LogP contribution is 2.09. The molecule has 0 radical (unpaired) electrons. The largest absolute Gasteiger partial charge is 0.343 e. The standard InChI is InChI=1S/C14H24N4O/c1-2-18-12-13(11-16-18)10-15-7-6-14(19)17-8-4-3-5-9-17/h11-12,15H,2-10H2,1H3. The van der Waals surface area contributed by atoms with Gasteiger partial charge in [0.15, 0.2) is 0 Å². The van der Waals surface area contributed by atoms with E-state index in [1.165, 1.54) is 12.0 Å². The number of nitrogens with one attached hydrogen (secondary N) is 1. The van der Waals surface area contributed by atoms with Crippen LogP contribution in [0.15, 0.2) is 12.4 Å². The average molecular weight is 264 g/mol. The summed E-state index contributed by atoms with van der Waals surface area (Å²) in [6.45, 7) is 6.39. The van der Waals surface area contributed by atoms with E-state index >= 15 is 0 Å². The molecule has 1 saturated heterocycles. The third-order valence-corrected chi connectivity index (χ3v) is 3.56. The smallest absolute Gasteiger partial charge is 0.223 e. The first-order valence-corrected chi connectivity index (χ1v) is 7.29. The number of carbonyl (C=O) groups is 1. The fourth-order valence-electron chi connectivity index (χ4n) is 2.40. The van der Waals surface area contributed by atoms with E-state index < -0.39 is 0 Å². The van der Waals surface area contributed by atoms with Crippen LogP contribution in [0.5, 0.6) is 0 Å². The quantitative estimate of drug-likeness (QED) is 0.790. The SMILES string of the molecule is CCn1cc(CNCCC(=O)N2CCCCC2)cn1. The molecule has 2 rings (SSSR count). The Kier molecular flexibility index (Phi) is 5.39. The number of aryl methyl sites for hydroxylation is 1. The van der Waals surface area contributed by atoms with Crippen LogP contribution in [-0.4, -0.2) is 40.2 Å². The molecule has 1 aliphatic heterocycles. The van der Waals surface area contributed by atoms with Crippen molar-refractivity contribution in [2.75, 3.05) is 19.6 Å². The third-order valence-electron chi connectivity index (χ3n) is 3.56. The Morgan fingerprint density at radius 3 is 2.84 bits per heavy atom. The van der Waals surface area contributed by atoms with Crippen molar-refractivity contribution in [3.05, 3.63) is 18.0 Å². The number of likely N-dealkylation sites (tertiary alicyclic amines) is 1. The van der Waals surface area contributed by atoms with Gasteiger partial charge in [-0.2, -0.15) is 5.10 Å². The van der Waals surface area contributed by atoms with Gasteiger partial charge in [-0.05, 0) is 26.2 Å². The molecule has 1 fully saturated rings. The molecule has 0 saturated carbocycles. The molecule has 106 valence electrons. The van der Waals surface area contributed by atoms with E-state index in [2.05, 4.69) is 17.3 Å². The minimum atomic E-state index is 0.288. The summed E-state index contributed by atoms with van der Waals surface area (Å²) < 4.78 is 1.91. The highest BCUT2D eigenvalue weighted by Gasteiger charge is 2.15. The van der Waals surface area contributed by atoms with Crippen LogP contribution in [0, 0.1) is 0 Å². The summed E-state index contributed by atoms with van der Waals surface area (Å²) in [5.41, 5.74) is 1.17. The minimum absolute atomic E-state index is 0.288. The molecule has 0 atom stereocenters. The predicted octanol–water partition coefficient (Wildman–Crippen LogP) is 1.40. The van der Waals surface area contributed by atoms with Gasteiger partial charge in [0.2, 0.25) is 5.91 Å². The zero-order valence-electron chi connectivity index (χ0n) is 11.8. The second kappa shape index (κ2) is 7.28. The van der Waals surface area contributed by atoms with Crippen LogP contribution in [-0.2, 0) is 17.9 Å². The summed E-state index contributed by atoms with van der Waals surface area (Å²) in [4.78, 5) is 13.9. The van der Waals surface area contributed by atoms with E-state index in [0.29, 0.717) is 6.42 Å². The van der Waals surface area contributed by atoms with Crippen LogP contribution in [0.3, 0.4) is 0 Å². The first kappa shape index (κ1) is 14.1. The molecule has 5 nitrogen and oxygen atoms in total. The molecule has 19 heavy (non-hydrogen) atoms. The van der Waals surface area contributed by atoms with Crippen LogP contribution in [0.4, 0.5) is 0 Å². The zero-order valence-corrected chi connectivity index (χ0v) is 11.8. The molecule has 0 spiro atoms. The second-order valence-corrected chi connectivity index (χ2v) is 5.07. The van der Waals surface area contributed by atoms with Crippen molar-refractivity contribution < 1.29 is 4.79 Å². The molecule has 1 amide bonds. The molecule has 1 N–H and O–H groups in total. The number of piperidine rings is 1. The normalized spacial score (nSPS) is 15.7. The highest BCUT2D eigenvalue weighted by atomic mass is 16.2. The van der Waals surface area contributed by atoms with Crippen molar-refractivity contribution in [2.24, 2.45) is 0 Å². The van der Waals surface area contributed by atoms with Gasteiger partial charge in [-0.15, -0.1) is 0 Å². The number of nitrogens with zero attached hydrogens (tertiary/aromatic N) is 3. The first-order chi connectivity index (χ1) is 9.29. The van der Waals surface area contributed by atoms with Crippen LogP contribution < -0.4 is 5.32 Å². The minimum Gasteiger partial charge on any atom is -0.343 e.